The van der Waals surface area contributed by atoms with Crippen LogP contribution in [0.1, 0.15) is 36.5 Å². The van der Waals surface area contributed by atoms with Crippen molar-refractivity contribution in [2.75, 3.05) is 24.5 Å². The highest BCUT2D eigenvalue weighted by molar-refractivity contribution is 5.92. The molecular formula is C22H24N6O. The van der Waals surface area contributed by atoms with Crippen LogP contribution in [0.4, 0.5) is 5.69 Å². The monoisotopic (exact) mass is 388 g/mol. The first-order valence-electron chi connectivity index (χ1n) is 10.1. The summed E-state index contributed by atoms with van der Waals surface area (Å²) in [5, 5.41) is 0. The van der Waals surface area contributed by atoms with E-state index < -0.39 is 0 Å². The van der Waals surface area contributed by atoms with E-state index in [0.717, 1.165) is 24.5 Å². The van der Waals surface area contributed by atoms with Crippen molar-refractivity contribution in [3.8, 4) is 5.82 Å². The average molecular weight is 388 g/mol. The highest BCUT2D eigenvalue weighted by Gasteiger charge is 2.51. The lowest BCUT2D eigenvalue weighted by molar-refractivity contribution is 0.0775. The maximum Gasteiger partial charge on any atom is 0.274 e. The Kier molecular flexibility index (Phi) is 4.12. The van der Waals surface area contributed by atoms with Crippen LogP contribution >= 0.6 is 0 Å². The quantitative estimate of drug-likeness (QED) is 0.690. The number of likely N-dealkylation sites (tertiary alicyclic amines) is 1. The number of rotatable bonds is 3. The van der Waals surface area contributed by atoms with Crippen LogP contribution < -0.4 is 4.90 Å². The van der Waals surface area contributed by atoms with Crippen LogP contribution in [0.25, 0.3) is 5.82 Å². The zero-order chi connectivity index (χ0) is 20.0. The van der Waals surface area contributed by atoms with Crippen molar-refractivity contribution < 1.29 is 4.79 Å². The molecule has 1 fully saturated rings. The average Bonchev–Trinajstić information content (AvgIpc) is 3.40. The molecule has 5 rings (SSSR count). The third-order valence-electron chi connectivity index (χ3n) is 5.89. The summed E-state index contributed by atoms with van der Waals surface area (Å²) in [4.78, 5) is 30.4. The first kappa shape index (κ1) is 17.8. The minimum Gasteiger partial charge on any atom is -0.355 e. The van der Waals surface area contributed by atoms with Gasteiger partial charge in [-0.05, 0) is 36.6 Å². The van der Waals surface area contributed by atoms with E-state index >= 15 is 0 Å². The Balaban J connectivity index is 1.59. The van der Waals surface area contributed by atoms with Gasteiger partial charge >= 0.3 is 0 Å². The van der Waals surface area contributed by atoms with Gasteiger partial charge in [0.1, 0.15) is 11.2 Å². The van der Waals surface area contributed by atoms with Gasteiger partial charge < -0.3 is 14.4 Å². The maximum atomic E-state index is 13.1. The molecular weight excluding hydrogens is 364 g/mol. The van der Waals surface area contributed by atoms with Gasteiger partial charge in [-0.25, -0.2) is 9.97 Å². The second kappa shape index (κ2) is 6.69. The summed E-state index contributed by atoms with van der Waals surface area (Å²) < 4.78 is 2.18. The van der Waals surface area contributed by atoms with Crippen LogP contribution in [0.2, 0.25) is 0 Å². The third kappa shape index (κ3) is 2.72. The SMILES string of the molecule is CC(C)CN1c2cccnc2-n2cccc2[C@]12CCN(C(=O)c1cnccn1)C2. The molecule has 0 radical (unpaired) electrons. The van der Waals surface area contributed by atoms with E-state index in [9.17, 15) is 4.79 Å². The molecule has 0 unspecified atom stereocenters. The number of anilines is 1. The maximum absolute atomic E-state index is 13.1. The molecule has 3 aromatic rings. The van der Waals surface area contributed by atoms with Crippen molar-refractivity contribution in [3.63, 3.8) is 0 Å². The van der Waals surface area contributed by atoms with Crippen LogP contribution in [0.15, 0.2) is 55.2 Å². The summed E-state index contributed by atoms with van der Waals surface area (Å²) in [5.41, 5.74) is 2.44. The molecule has 29 heavy (non-hydrogen) atoms. The number of hydrogen-bond donors (Lipinski definition) is 0. The van der Waals surface area contributed by atoms with Gasteiger partial charge in [-0.15, -0.1) is 0 Å². The normalized spacial score (nSPS) is 20.2. The van der Waals surface area contributed by atoms with Crippen molar-refractivity contribution in [2.45, 2.75) is 25.8 Å². The molecule has 1 amide bonds. The molecule has 7 heteroatoms. The van der Waals surface area contributed by atoms with E-state index in [1.54, 1.807) is 18.6 Å². The van der Waals surface area contributed by atoms with Crippen LogP contribution in [-0.4, -0.2) is 50.0 Å². The minimum absolute atomic E-state index is 0.0606. The summed E-state index contributed by atoms with van der Waals surface area (Å²) in [6, 6.07) is 8.37. The first-order chi connectivity index (χ1) is 14.1. The van der Waals surface area contributed by atoms with E-state index in [-0.39, 0.29) is 11.4 Å². The summed E-state index contributed by atoms with van der Waals surface area (Å²) in [5.74, 6) is 1.37. The summed E-state index contributed by atoms with van der Waals surface area (Å²) in [7, 11) is 0. The molecule has 1 saturated heterocycles. The van der Waals surface area contributed by atoms with Crippen LogP contribution in [-0.2, 0) is 5.54 Å². The van der Waals surface area contributed by atoms with Crippen molar-refractivity contribution in [1.29, 1.82) is 0 Å². The number of nitrogens with zero attached hydrogens (tertiary/aromatic N) is 6. The number of hydrogen-bond acceptors (Lipinski definition) is 5. The largest absolute Gasteiger partial charge is 0.355 e. The van der Waals surface area contributed by atoms with Gasteiger partial charge in [-0.3, -0.25) is 9.78 Å². The number of aromatic nitrogens is 4. The lowest BCUT2D eigenvalue weighted by Crippen LogP contribution is -2.54. The van der Waals surface area contributed by atoms with Crippen molar-refractivity contribution >= 4 is 11.6 Å². The molecule has 0 aliphatic carbocycles. The lowest BCUT2D eigenvalue weighted by Gasteiger charge is -2.47. The smallest absolute Gasteiger partial charge is 0.274 e. The second-order valence-electron chi connectivity index (χ2n) is 8.21. The number of pyridine rings is 1. The molecule has 1 atom stereocenters. The molecule has 0 saturated carbocycles. The number of amides is 1. The molecule has 5 heterocycles. The van der Waals surface area contributed by atoms with Gasteiger partial charge in [0.2, 0.25) is 0 Å². The predicted molar refractivity (Wildman–Crippen MR) is 110 cm³/mol. The molecule has 0 bridgehead atoms. The van der Waals surface area contributed by atoms with E-state index in [4.69, 9.17) is 0 Å². The molecule has 148 valence electrons. The van der Waals surface area contributed by atoms with E-state index in [2.05, 4.69) is 62.7 Å². The first-order valence-corrected chi connectivity index (χ1v) is 10.1. The molecule has 2 aliphatic rings. The van der Waals surface area contributed by atoms with Crippen LogP contribution in [0.5, 0.6) is 0 Å². The Morgan fingerprint density at radius 1 is 1.17 bits per heavy atom. The highest BCUT2D eigenvalue weighted by Crippen LogP contribution is 2.47. The fourth-order valence-electron chi connectivity index (χ4n) is 4.70. The lowest BCUT2D eigenvalue weighted by atomic mass is 9.88. The molecule has 1 spiro atoms. The van der Waals surface area contributed by atoms with Gasteiger partial charge in [0.25, 0.3) is 5.91 Å². The molecule has 3 aromatic heterocycles. The number of fused-ring (bicyclic) bond motifs is 4. The summed E-state index contributed by atoms with van der Waals surface area (Å²) >= 11 is 0. The van der Waals surface area contributed by atoms with Gasteiger partial charge in [-0.2, -0.15) is 0 Å². The van der Waals surface area contributed by atoms with E-state index in [1.807, 2.05) is 17.2 Å². The molecule has 2 aliphatic heterocycles. The Hall–Kier alpha value is -3.22. The Bertz CT molecular complexity index is 1050. The Morgan fingerprint density at radius 3 is 2.86 bits per heavy atom. The van der Waals surface area contributed by atoms with Crippen molar-refractivity contribution in [1.82, 2.24) is 24.4 Å². The topological polar surface area (TPSA) is 67.2 Å². The van der Waals surface area contributed by atoms with Crippen LogP contribution in [0.3, 0.4) is 0 Å². The zero-order valence-corrected chi connectivity index (χ0v) is 16.7. The standard InChI is InChI=1S/C22H24N6O/c1-16(2)14-28-18-5-3-8-25-20(18)27-11-4-6-19(27)22(28)7-12-26(15-22)21(29)17-13-23-9-10-24-17/h3-6,8-11,13,16H,7,12,14-15H2,1-2H3/t22-/m1/s1. The molecule has 0 N–H and O–H groups in total. The van der Waals surface area contributed by atoms with Crippen molar-refractivity contribution in [2.24, 2.45) is 5.92 Å². The Labute approximate surface area is 170 Å². The van der Waals surface area contributed by atoms with Gasteiger partial charge in [0.05, 0.1) is 17.6 Å². The summed E-state index contributed by atoms with van der Waals surface area (Å²) in [6.07, 6.45) is 9.48. The zero-order valence-electron chi connectivity index (χ0n) is 16.7. The fraction of sp³-hybridized carbons (Fsp3) is 0.364. The van der Waals surface area contributed by atoms with Gasteiger partial charge in [-0.1, -0.05) is 13.8 Å². The molecule has 0 aromatic carbocycles. The van der Waals surface area contributed by atoms with Crippen LogP contribution in [0, 0.1) is 5.92 Å². The van der Waals surface area contributed by atoms with E-state index in [0.29, 0.717) is 24.7 Å². The highest BCUT2D eigenvalue weighted by atomic mass is 16.2. The number of carbonyl (C=O) groups excluding carboxylic acids is 1. The van der Waals surface area contributed by atoms with Crippen molar-refractivity contribution in [3.05, 3.63) is 66.6 Å². The molecule has 7 nitrogen and oxygen atoms in total. The van der Waals surface area contributed by atoms with E-state index in [1.165, 1.54) is 5.69 Å². The summed E-state index contributed by atoms with van der Waals surface area (Å²) in [6.45, 7) is 6.67. The van der Waals surface area contributed by atoms with Gasteiger partial charge in [0.15, 0.2) is 5.82 Å². The number of carbonyl (C=O) groups is 1. The predicted octanol–water partition coefficient (Wildman–Crippen LogP) is 2.88. The minimum atomic E-state index is -0.276. The third-order valence-corrected chi connectivity index (χ3v) is 5.89. The Morgan fingerprint density at radius 2 is 2.07 bits per heavy atom. The fourth-order valence-corrected chi connectivity index (χ4v) is 4.70. The second-order valence-corrected chi connectivity index (χ2v) is 8.21. The van der Waals surface area contributed by atoms with Gasteiger partial charge in [0, 0.05) is 44.4 Å².